The Morgan fingerprint density at radius 1 is 0.667 bits per heavy atom. The van der Waals surface area contributed by atoms with Crippen LogP contribution in [0.4, 0.5) is 0 Å². The molecule has 0 saturated carbocycles. The standard InChI is InChI=1S/C13H23N3O2/c17-12(13(18)16-10-6-14-7-11-16)15-8-4-2-1-3-5-9-15/h14H,1-11H2. The molecule has 0 aromatic heterocycles. The third-order valence-electron chi connectivity index (χ3n) is 3.73. The van der Waals surface area contributed by atoms with Crippen molar-refractivity contribution in [3.05, 3.63) is 0 Å². The topological polar surface area (TPSA) is 52.7 Å². The molecule has 0 aromatic carbocycles. The van der Waals surface area contributed by atoms with Crippen LogP contribution in [0.15, 0.2) is 0 Å². The van der Waals surface area contributed by atoms with Crippen molar-refractivity contribution in [2.75, 3.05) is 39.3 Å². The molecule has 2 amide bonds. The smallest absolute Gasteiger partial charge is 0.312 e. The van der Waals surface area contributed by atoms with E-state index < -0.39 is 0 Å². The van der Waals surface area contributed by atoms with Crippen molar-refractivity contribution >= 4 is 11.8 Å². The third-order valence-corrected chi connectivity index (χ3v) is 3.73. The van der Waals surface area contributed by atoms with Crippen LogP contribution in [-0.2, 0) is 9.59 Å². The van der Waals surface area contributed by atoms with E-state index in [0.717, 1.165) is 39.0 Å². The molecule has 2 aliphatic rings. The molecule has 0 radical (unpaired) electrons. The van der Waals surface area contributed by atoms with Gasteiger partial charge < -0.3 is 15.1 Å². The first-order valence-electron chi connectivity index (χ1n) is 7.08. The summed E-state index contributed by atoms with van der Waals surface area (Å²) in [4.78, 5) is 27.7. The number of amides is 2. The van der Waals surface area contributed by atoms with Crippen LogP contribution < -0.4 is 5.32 Å². The molecule has 0 spiro atoms. The maximum Gasteiger partial charge on any atom is 0.312 e. The molecule has 2 saturated heterocycles. The fourth-order valence-corrected chi connectivity index (χ4v) is 2.59. The molecule has 5 nitrogen and oxygen atoms in total. The normalized spacial score (nSPS) is 22.2. The Labute approximate surface area is 108 Å². The van der Waals surface area contributed by atoms with Crippen molar-refractivity contribution in [1.29, 1.82) is 0 Å². The highest BCUT2D eigenvalue weighted by Gasteiger charge is 2.27. The van der Waals surface area contributed by atoms with E-state index in [2.05, 4.69) is 5.32 Å². The number of rotatable bonds is 0. The summed E-state index contributed by atoms with van der Waals surface area (Å²) in [6.45, 7) is 4.38. The quantitative estimate of drug-likeness (QED) is 0.628. The molecular formula is C13H23N3O2. The monoisotopic (exact) mass is 253 g/mol. The number of nitrogens with zero attached hydrogens (tertiary/aromatic N) is 2. The van der Waals surface area contributed by atoms with E-state index in [1.54, 1.807) is 9.80 Å². The molecule has 0 atom stereocenters. The lowest BCUT2D eigenvalue weighted by molar-refractivity contribution is -0.152. The van der Waals surface area contributed by atoms with E-state index in [1.165, 1.54) is 19.3 Å². The summed E-state index contributed by atoms with van der Waals surface area (Å²) in [5.74, 6) is -0.601. The van der Waals surface area contributed by atoms with Crippen LogP contribution >= 0.6 is 0 Å². The van der Waals surface area contributed by atoms with Gasteiger partial charge in [0.15, 0.2) is 0 Å². The van der Waals surface area contributed by atoms with E-state index >= 15 is 0 Å². The lowest BCUT2D eigenvalue weighted by Crippen LogP contribution is -2.52. The SMILES string of the molecule is O=C(C(=O)N1CCNCC1)N1CCCCCCC1. The van der Waals surface area contributed by atoms with Gasteiger partial charge in [-0.05, 0) is 12.8 Å². The highest BCUT2D eigenvalue weighted by molar-refractivity contribution is 6.34. The Hall–Kier alpha value is -1.10. The third kappa shape index (κ3) is 3.45. The number of hydrogen-bond donors (Lipinski definition) is 1. The van der Waals surface area contributed by atoms with Gasteiger partial charge in [-0.3, -0.25) is 9.59 Å². The maximum absolute atomic E-state index is 12.2. The van der Waals surface area contributed by atoms with E-state index in [0.29, 0.717) is 13.1 Å². The van der Waals surface area contributed by atoms with Crippen LogP contribution in [0.25, 0.3) is 0 Å². The van der Waals surface area contributed by atoms with E-state index in [1.807, 2.05) is 0 Å². The summed E-state index contributed by atoms with van der Waals surface area (Å²) in [6.07, 6.45) is 5.66. The van der Waals surface area contributed by atoms with Crippen LogP contribution in [-0.4, -0.2) is 60.9 Å². The molecule has 2 aliphatic heterocycles. The fourth-order valence-electron chi connectivity index (χ4n) is 2.59. The summed E-state index contributed by atoms with van der Waals surface area (Å²) >= 11 is 0. The highest BCUT2D eigenvalue weighted by Crippen LogP contribution is 2.11. The minimum absolute atomic E-state index is 0.293. The number of piperazine rings is 1. The van der Waals surface area contributed by atoms with Crippen LogP contribution in [0.3, 0.4) is 0 Å². The fraction of sp³-hybridized carbons (Fsp3) is 0.846. The van der Waals surface area contributed by atoms with Gasteiger partial charge in [0.2, 0.25) is 0 Å². The van der Waals surface area contributed by atoms with E-state index in [9.17, 15) is 9.59 Å². The predicted octanol–water partition coefficient (Wildman–Crippen LogP) is 0.211. The van der Waals surface area contributed by atoms with Crippen molar-refractivity contribution < 1.29 is 9.59 Å². The average Bonchev–Trinajstić information content (AvgIpc) is 2.38. The zero-order valence-electron chi connectivity index (χ0n) is 11.0. The van der Waals surface area contributed by atoms with Gasteiger partial charge in [0.1, 0.15) is 0 Å². The summed E-state index contributed by atoms with van der Waals surface area (Å²) < 4.78 is 0. The van der Waals surface area contributed by atoms with Gasteiger partial charge in [-0.2, -0.15) is 0 Å². The Bertz CT molecular complexity index is 293. The van der Waals surface area contributed by atoms with Gasteiger partial charge in [0.05, 0.1) is 0 Å². The number of likely N-dealkylation sites (tertiary alicyclic amines) is 1. The highest BCUT2D eigenvalue weighted by atomic mass is 16.2. The minimum atomic E-state index is -0.308. The van der Waals surface area contributed by atoms with Crippen molar-refractivity contribution in [2.24, 2.45) is 0 Å². The Kier molecular flexibility index (Phi) is 4.99. The molecule has 0 aromatic rings. The lowest BCUT2D eigenvalue weighted by Gasteiger charge is -2.30. The molecule has 102 valence electrons. The largest absolute Gasteiger partial charge is 0.334 e. The minimum Gasteiger partial charge on any atom is -0.334 e. The molecule has 0 unspecified atom stereocenters. The molecule has 2 heterocycles. The van der Waals surface area contributed by atoms with Crippen LogP contribution in [0.1, 0.15) is 32.1 Å². The van der Waals surface area contributed by atoms with E-state index in [-0.39, 0.29) is 11.8 Å². The summed E-state index contributed by atoms with van der Waals surface area (Å²) in [7, 11) is 0. The van der Waals surface area contributed by atoms with Crippen molar-refractivity contribution in [3.8, 4) is 0 Å². The predicted molar refractivity (Wildman–Crippen MR) is 69.1 cm³/mol. The van der Waals surface area contributed by atoms with Gasteiger partial charge in [-0.25, -0.2) is 0 Å². The van der Waals surface area contributed by atoms with Crippen molar-refractivity contribution in [1.82, 2.24) is 15.1 Å². The van der Waals surface area contributed by atoms with Crippen molar-refractivity contribution in [2.45, 2.75) is 32.1 Å². The molecule has 2 fully saturated rings. The molecule has 0 aliphatic carbocycles. The number of hydrogen-bond acceptors (Lipinski definition) is 3. The molecule has 18 heavy (non-hydrogen) atoms. The van der Waals surface area contributed by atoms with Gasteiger partial charge >= 0.3 is 11.8 Å². The van der Waals surface area contributed by atoms with Gasteiger partial charge in [0, 0.05) is 39.3 Å². The van der Waals surface area contributed by atoms with Crippen LogP contribution in [0.2, 0.25) is 0 Å². The first kappa shape index (κ1) is 13.3. The second kappa shape index (κ2) is 6.73. The number of nitrogens with one attached hydrogen (secondary N) is 1. The Morgan fingerprint density at radius 2 is 1.11 bits per heavy atom. The second-order valence-corrected chi connectivity index (χ2v) is 5.10. The maximum atomic E-state index is 12.2. The molecule has 2 rings (SSSR count). The Balaban J connectivity index is 1.89. The number of carbonyl (C=O) groups excluding carboxylic acids is 2. The summed E-state index contributed by atoms with van der Waals surface area (Å²) in [5, 5.41) is 3.19. The van der Waals surface area contributed by atoms with Gasteiger partial charge in [-0.1, -0.05) is 19.3 Å². The van der Waals surface area contributed by atoms with Crippen molar-refractivity contribution in [3.63, 3.8) is 0 Å². The first-order valence-corrected chi connectivity index (χ1v) is 7.08. The average molecular weight is 253 g/mol. The van der Waals surface area contributed by atoms with Crippen LogP contribution in [0, 0.1) is 0 Å². The molecule has 5 heteroatoms. The first-order chi connectivity index (χ1) is 8.79. The summed E-state index contributed by atoms with van der Waals surface area (Å²) in [6, 6.07) is 0. The zero-order chi connectivity index (χ0) is 12.8. The molecule has 1 N–H and O–H groups in total. The Morgan fingerprint density at radius 3 is 1.67 bits per heavy atom. The second-order valence-electron chi connectivity index (χ2n) is 5.10. The van der Waals surface area contributed by atoms with Gasteiger partial charge in [-0.15, -0.1) is 0 Å². The zero-order valence-corrected chi connectivity index (χ0v) is 11.0. The number of carbonyl (C=O) groups is 2. The van der Waals surface area contributed by atoms with Gasteiger partial charge in [0.25, 0.3) is 0 Å². The van der Waals surface area contributed by atoms with Crippen LogP contribution in [0.5, 0.6) is 0 Å². The molecule has 0 bridgehead atoms. The van der Waals surface area contributed by atoms with E-state index in [4.69, 9.17) is 0 Å². The lowest BCUT2D eigenvalue weighted by atomic mass is 10.1. The summed E-state index contributed by atoms with van der Waals surface area (Å²) in [5.41, 5.74) is 0. The molecular weight excluding hydrogens is 230 g/mol.